The Morgan fingerprint density at radius 1 is 0.833 bits per heavy atom. The number of rotatable bonds is 14. The molecule has 0 aliphatic rings. The maximum Gasteiger partial charge on any atom is 0.326 e. The van der Waals surface area contributed by atoms with Crippen molar-refractivity contribution in [3.63, 3.8) is 0 Å². The lowest BCUT2D eigenvalue weighted by Crippen LogP contribution is -2.57. The molecule has 0 bridgehead atoms. The Kier molecular flexibility index (Phi) is 11.6. The number of hydrogen-bond donors (Lipinski definition) is 8. The minimum Gasteiger partial charge on any atom is -0.481 e. The summed E-state index contributed by atoms with van der Waals surface area (Å²) in [6, 6.07) is -5.37. The molecular weight excluding hydrogens is 406 g/mol. The number of aliphatic hydroxyl groups is 1. The number of aliphatic carboxylic acids is 2. The summed E-state index contributed by atoms with van der Waals surface area (Å²) in [6.45, 7) is 0.384. The van der Waals surface area contributed by atoms with Gasteiger partial charge in [0.1, 0.15) is 18.1 Å². The number of hydrogen-bond acceptors (Lipinski definition) is 8. The molecule has 0 aromatic heterocycles. The first-order valence-electron chi connectivity index (χ1n) is 8.89. The summed E-state index contributed by atoms with van der Waals surface area (Å²) in [4.78, 5) is 68.6. The Bertz CT molecular complexity index is 669. The van der Waals surface area contributed by atoms with Gasteiger partial charge in [-0.25, -0.2) is 4.79 Å². The zero-order valence-corrected chi connectivity index (χ0v) is 16.3. The number of primary amides is 1. The molecule has 14 heteroatoms. The molecule has 30 heavy (non-hydrogen) atoms. The first-order valence-corrected chi connectivity index (χ1v) is 8.89. The molecule has 0 radical (unpaired) electrons. The van der Waals surface area contributed by atoms with Crippen molar-refractivity contribution in [1.29, 1.82) is 0 Å². The zero-order chi connectivity index (χ0) is 23.4. The van der Waals surface area contributed by atoms with Crippen LogP contribution in [0.2, 0.25) is 0 Å². The molecule has 0 aromatic rings. The summed E-state index contributed by atoms with van der Waals surface area (Å²) in [6.07, 6.45) is -1.09. The lowest BCUT2D eigenvalue weighted by Gasteiger charge is -2.22. The van der Waals surface area contributed by atoms with Gasteiger partial charge in [-0.05, 0) is 19.8 Å². The van der Waals surface area contributed by atoms with E-state index in [-0.39, 0.29) is 25.7 Å². The number of carbonyl (C=O) groups is 6. The highest BCUT2D eigenvalue weighted by Crippen LogP contribution is 2.00. The predicted octanol–water partition coefficient (Wildman–Crippen LogP) is -4.00. The van der Waals surface area contributed by atoms with E-state index in [1.807, 2.05) is 0 Å². The molecule has 0 aliphatic carbocycles. The van der Waals surface area contributed by atoms with Crippen LogP contribution < -0.4 is 27.4 Å². The van der Waals surface area contributed by atoms with Crippen LogP contribution in [0, 0.1) is 0 Å². The van der Waals surface area contributed by atoms with E-state index < -0.39 is 66.3 Å². The highest BCUT2D eigenvalue weighted by atomic mass is 16.4. The van der Waals surface area contributed by atoms with E-state index in [2.05, 4.69) is 16.0 Å². The van der Waals surface area contributed by atoms with Crippen LogP contribution in [0.25, 0.3) is 0 Å². The van der Waals surface area contributed by atoms with Gasteiger partial charge in [0.15, 0.2) is 0 Å². The molecule has 14 nitrogen and oxygen atoms in total. The standard InChI is InChI=1S/C16H27N5O9/c1-7(19-14(27)8(17)2-5-12(24)25)13(26)21-10(6-22)15(28)20-9(16(29)30)3-4-11(18)23/h7-10,22H,2-6,17H2,1H3,(H2,18,23)(H,19,27)(H,20,28)(H,21,26)(H,24,25)(H,29,30). The third-order valence-corrected chi connectivity index (χ3v) is 3.87. The van der Waals surface area contributed by atoms with Crippen LogP contribution in [0.4, 0.5) is 0 Å². The fourth-order valence-corrected chi connectivity index (χ4v) is 2.10. The molecule has 0 saturated heterocycles. The molecule has 0 saturated carbocycles. The van der Waals surface area contributed by atoms with Crippen LogP contribution >= 0.6 is 0 Å². The van der Waals surface area contributed by atoms with Crippen molar-refractivity contribution in [2.45, 2.75) is 56.8 Å². The first kappa shape index (κ1) is 26.7. The Morgan fingerprint density at radius 3 is 1.87 bits per heavy atom. The van der Waals surface area contributed by atoms with Crippen molar-refractivity contribution < 1.29 is 44.1 Å². The first-order chi connectivity index (χ1) is 13.9. The number of amides is 4. The quantitative estimate of drug-likeness (QED) is 0.132. The Morgan fingerprint density at radius 2 is 1.40 bits per heavy atom. The molecule has 170 valence electrons. The molecule has 10 N–H and O–H groups in total. The molecule has 4 amide bonds. The van der Waals surface area contributed by atoms with Crippen molar-refractivity contribution in [1.82, 2.24) is 16.0 Å². The van der Waals surface area contributed by atoms with E-state index in [4.69, 9.17) is 21.7 Å². The maximum absolute atomic E-state index is 12.1. The fourth-order valence-electron chi connectivity index (χ4n) is 2.10. The second kappa shape index (κ2) is 13.1. The molecule has 0 rings (SSSR count). The maximum atomic E-state index is 12.1. The van der Waals surface area contributed by atoms with Gasteiger partial charge in [0.2, 0.25) is 23.6 Å². The minimum atomic E-state index is -1.53. The number of carbonyl (C=O) groups excluding carboxylic acids is 4. The SMILES string of the molecule is CC(NC(=O)C(N)CCC(=O)O)C(=O)NC(CO)C(=O)NC(CCC(N)=O)C(=O)O. The van der Waals surface area contributed by atoms with E-state index in [1.165, 1.54) is 6.92 Å². The minimum absolute atomic E-state index is 0.154. The Balaban J connectivity index is 4.80. The summed E-state index contributed by atoms with van der Waals surface area (Å²) in [5, 5.41) is 33.4. The van der Waals surface area contributed by atoms with Gasteiger partial charge in [-0.15, -0.1) is 0 Å². The summed E-state index contributed by atoms with van der Waals surface area (Å²) in [7, 11) is 0. The number of carboxylic acid groups (broad SMARTS) is 2. The molecule has 0 aliphatic heterocycles. The molecular formula is C16H27N5O9. The fraction of sp³-hybridized carbons (Fsp3) is 0.625. The van der Waals surface area contributed by atoms with Crippen LogP contribution in [0.3, 0.4) is 0 Å². The van der Waals surface area contributed by atoms with Crippen LogP contribution in [-0.2, 0) is 28.8 Å². The van der Waals surface area contributed by atoms with Gasteiger partial charge in [0.25, 0.3) is 0 Å². The highest BCUT2D eigenvalue weighted by molar-refractivity contribution is 5.94. The van der Waals surface area contributed by atoms with Gasteiger partial charge in [-0.1, -0.05) is 0 Å². The van der Waals surface area contributed by atoms with Crippen molar-refractivity contribution in [2.24, 2.45) is 11.5 Å². The van der Waals surface area contributed by atoms with E-state index in [0.29, 0.717) is 0 Å². The van der Waals surface area contributed by atoms with Crippen molar-refractivity contribution in [2.75, 3.05) is 6.61 Å². The van der Waals surface area contributed by atoms with Gasteiger partial charge < -0.3 is 42.7 Å². The van der Waals surface area contributed by atoms with Gasteiger partial charge in [0, 0.05) is 12.8 Å². The number of nitrogens with one attached hydrogen (secondary N) is 3. The molecule has 0 spiro atoms. The monoisotopic (exact) mass is 433 g/mol. The topological polar surface area (TPSA) is 251 Å². The van der Waals surface area contributed by atoms with E-state index in [1.54, 1.807) is 0 Å². The van der Waals surface area contributed by atoms with Crippen molar-refractivity contribution in [3.05, 3.63) is 0 Å². The third kappa shape index (κ3) is 10.3. The Hall–Kier alpha value is -3.26. The lowest BCUT2D eigenvalue weighted by molar-refractivity contribution is -0.143. The van der Waals surface area contributed by atoms with Gasteiger partial charge in [0.05, 0.1) is 12.6 Å². The molecule has 0 fully saturated rings. The van der Waals surface area contributed by atoms with Crippen LogP contribution in [0.5, 0.6) is 0 Å². The summed E-state index contributed by atoms with van der Waals surface area (Å²) in [5.41, 5.74) is 10.5. The second-order valence-electron chi connectivity index (χ2n) is 6.42. The van der Waals surface area contributed by atoms with Gasteiger partial charge in [-0.2, -0.15) is 0 Å². The van der Waals surface area contributed by atoms with E-state index >= 15 is 0 Å². The van der Waals surface area contributed by atoms with E-state index in [0.717, 1.165) is 0 Å². The molecule has 4 unspecified atom stereocenters. The largest absolute Gasteiger partial charge is 0.481 e. The van der Waals surface area contributed by atoms with Crippen LogP contribution in [-0.4, -0.2) is 81.7 Å². The normalized spacial score (nSPS) is 14.5. The van der Waals surface area contributed by atoms with Crippen molar-refractivity contribution in [3.8, 4) is 0 Å². The molecule has 0 aromatic carbocycles. The average molecular weight is 433 g/mol. The Labute approximate surface area is 171 Å². The number of nitrogens with two attached hydrogens (primary N) is 2. The van der Waals surface area contributed by atoms with Gasteiger partial charge >= 0.3 is 11.9 Å². The molecule has 4 atom stereocenters. The highest BCUT2D eigenvalue weighted by Gasteiger charge is 2.28. The van der Waals surface area contributed by atoms with E-state index in [9.17, 15) is 33.9 Å². The third-order valence-electron chi connectivity index (χ3n) is 3.87. The second-order valence-corrected chi connectivity index (χ2v) is 6.42. The molecule has 0 heterocycles. The zero-order valence-electron chi connectivity index (χ0n) is 16.3. The smallest absolute Gasteiger partial charge is 0.326 e. The van der Waals surface area contributed by atoms with Gasteiger partial charge in [-0.3, -0.25) is 24.0 Å². The van der Waals surface area contributed by atoms with Crippen molar-refractivity contribution >= 4 is 35.6 Å². The summed E-state index contributed by atoms with van der Waals surface area (Å²) < 4.78 is 0. The summed E-state index contributed by atoms with van der Waals surface area (Å²) in [5.74, 6) is -6.05. The van der Waals surface area contributed by atoms with Crippen LogP contribution in [0.1, 0.15) is 32.6 Å². The predicted molar refractivity (Wildman–Crippen MR) is 99.5 cm³/mol. The van der Waals surface area contributed by atoms with Crippen LogP contribution in [0.15, 0.2) is 0 Å². The number of aliphatic hydroxyl groups excluding tert-OH is 1. The summed E-state index contributed by atoms with van der Waals surface area (Å²) >= 11 is 0. The lowest BCUT2D eigenvalue weighted by atomic mass is 10.1. The average Bonchev–Trinajstić information content (AvgIpc) is 2.66. The number of carboxylic acids is 2.